The molecule has 3 saturated carbocycles. The third-order valence-electron chi connectivity index (χ3n) is 11.2. The summed E-state index contributed by atoms with van der Waals surface area (Å²) in [5.41, 5.74) is 1.95. The van der Waals surface area contributed by atoms with Gasteiger partial charge in [0.2, 0.25) is 0 Å². The highest BCUT2D eigenvalue weighted by Gasteiger charge is 2.60. The van der Waals surface area contributed by atoms with Gasteiger partial charge in [0.25, 0.3) is 0 Å². The molecule has 31 heavy (non-hydrogen) atoms. The summed E-state index contributed by atoms with van der Waals surface area (Å²) < 4.78 is 0. The van der Waals surface area contributed by atoms with Crippen molar-refractivity contribution in [2.75, 3.05) is 0 Å². The summed E-state index contributed by atoms with van der Waals surface area (Å²) in [5, 5.41) is 21.1. The van der Waals surface area contributed by atoms with E-state index < -0.39 is 5.60 Å². The molecule has 3 unspecified atom stereocenters. The van der Waals surface area contributed by atoms with Crippen molar-refractivity contribution in [2.45, 2.75) is 124 Å². The highest BCUT2D eigenvalue weighted by atomic mass is 16.3. The quantitative estimate of drug-likeness (QED) is 0.440. The maximum Gasteiger partial charge on any atom is 0.0657 e. The summed E-state index contributed by atoms with van der Waals surface area (Å²) in [4.78, 5) is 0. The molecular weight excluding hydrogens is 380 g/mol. The largest absolute Gasteiger partial charge is 0.393 e. The zero-order valence-electron chi connectivity index (χ0n) is 21.3. The fourth-order valence-electron chi connectivity index (χ4n) is 9.18. The molecule has 4 aliphatic rings. The number of rotatable bonds is 6. The molecule has 0 aromatic rings. The summed E-state index contributed by atoms with van der Waals surface area (Å²) in [6.45, 7) is 13.9. The molecule has 4 aliphatic carbocycles. The first-order chi connectivity index (χ1) is 14.5. The van der Waals surface area contributed by atoms with Crippen LogP contribution in [0.2, 0.25) is 0 Å². The lowest BCUT2D eigenvalue weighted by Gasteiger charge is -2.60. The van der Waals surface area contributed by atoms with Gasteiger partial charge in [-0.25, -0.2) is 0 Å². The number of allylic oxidation sites excluding steroid dienone is 1. The van der Waals surface area contributed by atoms with Gasteiger partial charge in [-0.15, -0.1) is 0 Å². The average Bonchev–Trinajstić information content (AvgIpc) is 3.12. The van der Waals surface area contributed by atoms with Gasteiger partial charge in [0.05, 0.1) is 11.7 Å². The molecule has 2 N–H and O–H groups in total. The molecule has 0 spiro atoms. The van der Waals surface area contributed by atoms with Crippen molar-refractivity contribution in [1.29, 1.82) is 0 Å². The van der Waals surface area contributed by atoms with Crippen molar-refractivity contribution in [3.8, 4) is 0 Å². The minimum absolute atomic E-state index is 0.140. The van der Waals surface area contributed by atoms with Crippen LogP contribution in [0, 0.1) is 46.3 Å². The number of aliphatic hydroxyl groups is 2. The van der Waals surface area contributed by atoms with Crippen molar-refractivity contribution >= 4 is 0 Å². The molecule has 2 heteroatoms. The Bertz CT molecular complexity index is 678. The Kier molecular flexibility index (Phi) is 6.50. The summed E-state index contributed by atoms with van der Waals surface area (Å²) in [7, 11) is 0. The second-order valence-corrected chi connectivity index (χ2v) is 13.1. The van der Waals surface area contributed by atoms with Crippen LogP contribution in [0.5, 0.6) is 0 Å². The van der Waals surface area contributed by atoms with Crippen LogP contribution >= 0.6 is 0 Å². The number of fused-ring (bicyclic) bond motifs is 5. The van der Waals surface area contributed by atoms with Crippen LogP contribution in [0.15, 0.2) is 11.6 Å². The normalized spacial score (nSPS) is 46.7. The molecule has 178 valence electrons. The van der Waals surface area contributed by atoms with E-state index in [2.05, 4.69) is 40.7 Å². The van der Waals surface area contributed by atoms with Crippen LogP contribution in [0.3, 0.4) is 0 Å². The minimum atomic E-state index is -0.492. The van der Waals surface area contributed by atoms with Gasteiger partial charge in [0, 0.05) is 0 Å². The fraction of sp³-hybridized carbons (Fsp3) is 0.931. The molecule has 0 heterocycles. The molecule has 0 bridgehead atoms. The Morgan fingerprint density at radius 2 is 1.74 bits per heavy atom. The van der Waals surface area contributed by atoms with E-state index in [1.807, 2.05) is 6.92 Å². The van der Waals surface area contributed by atoms with E-state index in [-0.39, 0.29) is 6.10 Å². The van der Waals surface area contributed by atoms with Crippen molar-refractivity contribution in [3.63, 3.8) is 0 Å². The first kappa shape index (κ1) is 23.8. The molecule has 0 saturated heterocycles. The zero-order valence-corrected chi connectivity index (χ0v) is 21.3. The van der Waals surface area contributed by atoms with Crippen molar-refractivity contribution in [1.82, 2.24) is 0 Å². The number of hydrogen-bond donors (Lipinski definition) is 2. The van der Waals surface area contributed by atoms with E-state index in [9.17, 15) is 10.2 Å². The van der Waals surface area contributed by atoms with Crippen LogP contribution < -0.4 is 0 Å². The Morgan fingerprint density at radius 1 is 1.00 bits per heavy atom. The van der Waals surface area contributed by atoms with E-state index in [1.54, 1.807) is 5.57 Å². The molecule has 9 atom stereocenters. The first-order valence-corrected chi connectivity index (χ1v) is 13.6. The monoisotopic (exact) mass is 430 g/mol. The molecule has 4 rings (SSSR count). The summed E-state index contributed by atoms with van der Waals surface area (Å²) in [6.07, 6.45) is 15.9. The Morgan fingerprint density at radius 3 is 2.42 bits per heavy atom. The predicted molar refractivity (Wildman–Crippen MR) is 130 cm³/mol. The van der Waals surface area contributed by atoms with Crippen molar-refractivity contribution < 1.29 is 10.2 Å². The summed E-state index contributed by atoms with van der Waals surface area (Å²) in [6, 6.07) is 0. The molecule has 0 aliphatic heterocycles. The molecule has 2 nitrogen and oxygen atoms in total. The van der Waals surface area contributed by atoms with E-state index in [4.69, 9.17) is 0 Å². The number of hydrogen-bond acceptors (Lipinski definition) is 2. The van der Waals surface area contributed by atoms with Gasteiger partial charge in [0.1, 0.15) is 0 Å². The fourth-order valence-corrected chi connectivity index (χ4v) is 9.18. The van der Waals surface area contributed by atoms with Crippen LogP contribution in [0.25, 0.3) is 0 Å². The van der Waals surface area contributed by atoms with E-state index in [1.165, 1.54) is 51.4 Å². The topological polar surface area (TPSA) is 40.5 Å². The van der Waals surface area contributed by atoms with Crippen LogP contribution in [0.4, 0.5) is 0 Å². The van der Waals surface area contributed by atoms with Crippen molar-refractivity contribution in [3.05, 3.63) is 11.6 Å². The molecule has 0 aromatic carbocycles. The highest BCUT2D eigenvalue weighted by molar-refractivity contribution is 5.27. The SMILES string of the molecule is CC[C@]12CCC3C(CC=C4C[C@@](C)(O)CC[C@@]43C)C1CC[C@@H]2[C@H](C)CC[C@@H](O)C(C)C. The average molecular weight is 431 g/mol. The number of aliphatic hydroxyl groups excluding tert-OH is 1. The predicted octanol–water partition coefficient (Wildman–Crippen LogP) is 7.14. The minimum Gasteiger partial charge on any atom is -0.393 e. The molecular formula is C29H50O2. The van der Waals surface area contributed by atoms with Gasteiger partial charge in [-0.05, 0) is 124 Å². The van der Waals surface area contributed by atoms with E-state index in [0.29, 0.717) is 16.7 Å². The van der Waals surface area contributed by atoms with E-state index >= 15 is 0 Å². The molecule has 0 radical (unpaired) electrons. The summed E-state index contributed by atoms with van der Waals surface area (Å²) in [5.74, 6) is 4.50. The van der Waals surface area contributed by atoms with Crippen LogP contribution in [-0.4, -0.2) is 21.9 Å². The first-order valence-electron chi connectivity index (χ1n) is 13.6. The Labute approximate surface area is 192 Å². The highest BCUT2D eigenvalue weighted by Crippen LogP contribution is 2.68. The van der Waals surface area contributed by atoms with Gasteiger partial charge in [-0.1, -0.05) is 46.3 Å². The maximum absolute atomic E-state index is 10.7. The van der Waals surface area contributed by atoms with Crippen LogP contribution in [-0.2, 0) is 0 Å². The lowest BCUT2D eigenvalue weighted by Crippen LogP contribution is -2.52. The third kappa shape index (κ3) is 3.96. The van der Waals surface area contributed by atoms with Gasteiger partial charge in [0.15, 0.2) is 0 Å². The maximum atomic E-state index is 10.7. The Hall–Kier alpha value is -0.340. The smallest absolute Gasteiger partial charge is 0.0657 e. The third-order valence-corrected chi connectivity index (χ3v) is 11.2. The Balaban J connectivity index is 1.53. The zero-order chi connectivity index (χ0) is 22.6. The van der Waals surface area contributed by atoms with Crippen molar-refractivity contribution in [2.24, 2.45) is 46.3 Å². The summed E-state index contributed by atoms with van der Waals surface area (Å²) >= 11 is 0. The molecule has 3 fully saturated rings. The van der Waals surface area contributed by atoms with E-state index in [0.717, 1.165) is 48.9 Å². The van der Waals surface area contributed by atoms with Gasteiger partial charge in [-0.3, -0.25) is 0 Å². The standard InChI is InChI=1S/C29H50O2/c1-7-29-15-14-24-22(10-9-21-18-27(5,31)16-17-28(21,24)6)25(29)12-11-23(29)20(4)8-13-26(30)19(2)3/h9,19-20,22-26,30-31H,7-8,10-18H2,1-6H3/t20-,22?,23-,24?,25?,26-,27+,28+,29-/m1/s1. The lowest BCUT2D eigenvalue weighted by molar-refractivity contribution is -0.0794. The second-order valence-electron chi connectivity index (χ2n) is 13.1. The van der Waals surface area contributed by atoms with Gasteiger partial charge in [-0.2, -0.15) is 0 Å². The van der Waals surface area contributed by atoms with Gasteiger partial charge >= 0.3 is 0 Å². The second kappa shape index (κ2) is 8.46. The molecule has 0 amide bonds. The van der Waals surface area contributed by atoms with Gasteiger partial charge < -0.3 is 10.2 Å². The van der Waals surface area contributed by atoms with Crippen LogP contribution in [0.1, 0.15) is 112 Å². The molecule has 0 aromatic heterocycles. The lowest BCUT2D eigenvalue weighted by atomic mass is 9.45.